The topological polar surface area (TPSA) is 99.3 Å². The number of hydrogen-bond donors (Lipinski definition) is 4. The Hall–Kier alpha value is -2.12. The zero-order valence-corrected chi connectivity index (χ0v) is 13.2. The summed E-state index contributed by atoms with van der Waals surface area (Å²) in [5.74, 6) is -0.583. The molecule has 7 nitrogen and oxygen atoms in total. The van der Waals surface area contributed by atoms with E-state index in [4.69, 9.17) is 0 Å². The van der Waals surface area contributed by atoms with Crippen molar-refractivity contribution in [1.29, 1.82) is 0 Å². The van der Waals surface area contributed by atoms with Crippen LogP contribution in [0.2, 0.25) is 0 Å². The third-order valence-corrected chi connectivity index (χ3v) is 3.43. The number of rotatable bonds is 5. The van der Waals surface area contributed by atoms with Crippen molar-refractivity contribution in [3.05, 3.63) is 35.4 Å². The van der Waals surface area contributed by atoms with Gasteiger partial charge in [-0.3, -0.25) is 14.9 Å². The number of carbonyl (C=O) groups excluding carboxylic acids is 3. The molecule has 0 aromatic heterocycles. The monoisotopic (exact) mass is 326 g/mol. The largest absolute Gasteiger partial charge is 0.351 e. The number of halogens is 1. The lowest BCUT2D eigenvalue weighted by Crippen LogP contribution is -2.40. The highest BCUT2D eigenvalue weighted by Crippen LogP contribution is 2.24. The van der Waals surface area contributed by atoms with Crippen molar-refractivity contribution in [2.24, 2.45) is 0 Å². The lowest BCUT2D eigenvalue weighted by molar-refractivity contribution is -0.123. The van der Waals surface area contributed by atoms with E-state index in [1.54, 1.807) is 31.2 Å². The van der Waals surface area contributed by atoms with Gasteiger partial charge in [-0.1, -0.05) is 12.1 Å². The van der Waals surface area contributed by atoms with E-state index in [9.17, 15) is 14.4 Å². The number of carbonyl (C=O) groups is 3. The van der Waals surface area contributed by atoms with Crippen LogP contribution in [0.1, 0.15) is 22.8 Å². The normalized spacial score (nSPS) is 19.9. The van der Waals surface area contributed by atoms with Crippen LogP contribution in [-0.4, -0.2) is 38.0 Å². The van der Waals surface area contributed by atoms with E-state index in [0.29, 0.717) is 24.2 Å². The second-order valence-electron chi connectivity index (χ2n) is 4.97. The lowest BCUT2D eigenvalue weighted by atomic mass is 9.91. The van der Waals surface area contributed by atoms with Gasteiger partial charge in [0.2, 0.25) is 0 Å². The van der Waals surface area contributed by atoms with E-state index in [0.717, 1.165) is 0 Å². The van der Waals surface area contributed by atoms with Gasteiger partial charge in [0.25, 0.3) is 11.8 Å². The van der Waals surface area contributed by atoms with Crippen LogP contribution in [0.4, 0.5) is 4.79 Å². The Kier molecular flexibility index (Phi) is 5.90. The molecule has 0 radical (unpaired) electrons. The van der Waals surface area contributed by atoms with Gasteiger partial charge < -0.3 is 16.0 Å². The average Bonchev–Trinajstić information content (AvgIpc) is 2.73. The van der Waals surface area contributed by atoms with Crippen LogP contribution in [0, 0.1) is 0 Å². The van der Waals surface area contributed by atoms with Crippen LogP contribution in [0.25, 0.3) is 0 Å². The molecule has 1 aliphatic rings. The summed E-state index contributed by atoms with van der Waals surface area (Å²) in [4.78, 5) is 34.9. The van der Waals surface area contributed by atoms with Gasteiger partial charge in [0, 0.05) is 18.7 Å². The zero-order valence-electron chi connectivity index (χ0n) is 12.4. The Labute approximate surface area is 134 Å². The number of hydrogen-bond acceptors (Lipinski definition) is 4. The summed E-state index contributed by atoms with van der Waals surface area (Å²) in [6, 6.07) is 6.08. The summed E-state index contributed by atoms with van der Waals surface area (Å²) >= 11 is 0. The van der Waals surface area contributed by atoms with Crippen LogP contribution in [0.5, 0.6) is 0 Å². The molecule has 0 spiro atoms. The minimum Gasteiger partial charge on any atom is -0.351 e. The van der Waals surface area contributed by atoms with Gasteiger partial charge in [0.1, 0.15) is 5.54 Å². The maximum absolute atomic E-state index is 11.9. The average molecular weight is 327 g/mol. The molecular formula is C14H19ClN4O3. The predicted octanol–water partition coefficient (Wildman–Crippen LogP) is 0.112. The summed E-state index contributed by atoms with van der Waals surface area (Å²) < 4.78 is 0. The Bertz CT molecular complexity index is 576. The second kappa shape index (κ2) is 7.24. The molecule has 120 valence electrons. The van der Waals surface area contributed by atoms with Crippen molar-refractivity contribution in [3.63, 3.8) is 0 Å². The van der Waals surface area contributed by atoms with Crippen LogP contribution < -0.4 is 21.3 Å². The van der Waals surface area contributed by atoms with Gasteiger partial charge in [-0.15, -0.1) is 12.4 Å². The maximum atomic E-state index is 11.9. The van der Waals surface area contributed by atoms with Gasteiger partial charge in [-0.25, -0.2) is 4.79 Å². The third kappa shape index (κ3) is 3.55. The summed E-state index contributed by atoms with van der Waals surface area (Å²) in [5.41, 5.74) is 0.0268. The highest BCUT2D eigenvalue weighted by molar-refractivity contribution is 6.07. The van der Waals surface area contributed by atoms with Crippen LogP contribution in [0.15, 0.2) is 24.3 Å². The number of nitrogens with one attached hydrogen (secondary N) is 4. The lowest BCUT2D eigenvalue weighted by Gasteiger charge is -2.21. The molecule has 1 atom stereocenters. The fourth-order valence-corrected chi connectivity index (χ4v) is 2.10. The Morgan fingerprint density at radius 1 is 1.18 bits per heavy atom. The number of imide groups is 1. The van der Waals surface area contributed by atoms with Gasteiger partial charge >= 0.3 is 6.03 Å². The molecule has 1 saturated heterocycles. The molecule has 1 aliphatic heterocycles. The molecule has 4 N–H and O–H groups in total. The van der Waals surface area contributed by atoms with E-state index >= 15 is 0 Å². The summed E-state index contributed by atoms with van der Waals surface area (Å²) in [6.45, 7) is 2.84. The van der Waals surface area contributed by atoms with E-state index in [1.807, 2.05) is 7.05 Å². The summed E-state index contributed by atoms with van der Waals surface area (Å²) in [6.07, 6.45) is 0. The zero-order chi connectivity index (χ0) is 15.5. The molecule has 4 amide bonds. The van der Waals surface area contributed by atoms with Crippen molar-refractivity contribution < 1.29 is 14.4 Å². The Morgan fingerprint density at radius 2 is 1.82 bits per heavy atom. The standard InChI is InChI=1S/C14H18N4O3.ClH/c1-14(12(20)17-13(21)18-14)10-5-3-9(4-6-10)11(19)16-8-7-15-2;/h3-6,15H,7-8H2,1-2H3,(H,16,19)(H2,17,18,20,21);1H. The SMILES string of the molecule is CNCCNC(=O)c1ccc(C2(C)NC(=O)NC2=O)cc1.Cl. The first-order chi connectivity index (χ1) is 9.97. The van der Waals surface area contributed by atoms with Gasteiger partial charge in [-0.05, 0) is 31.7 Å². The molecule has 1 aromatic rings. The number of urea groups is 1. The Morgan fingerprint density at radius 3 is 2.32 bits per heavy atom. The van der Waals surface area contributed by atoms with Gasteiger partial charge in [-0.2, -0.15) is 0 Å². The molecule has 22 heavy (non-hydrogen) atoms. The van der Waals surface area contributed by atoms with Gasteiger partial charge in [0.15, 0.2) is 0 Å². The smallest absolute Gasteiger partial charge is 0.322 e. The van der Waals surface area contributed by atoms with Crippen molar-refractivity contribution in [3.8, 4) is 0 Å². The van der Waals surface area contributed by atoms with E-state index in [1.165, 1.54) is 0 Å². The highest BCUT2D eigenvalue weighted by Gasteiger charge is 2.43. The molecule has 1 unspecified atom stereocenters. The van der Waals surface area contributed by atoms with Crippen LogP contribution >= 0.6 is 12.4 Å². The van der Waals surface area contributed by atoms with Crippen molar-refractivity contribution in [2.45, 2.75) is 12.5 Å². The molecule has 0 bridgehead atoms. The first-order valence-corrected chi connectivity index (χ1v) is 6.64. The van der Waals surface area contributed by atoms with E-state index in [-0.39, 0.29) is 18.3 Å². The molecule has 0 saturated carbocycles. The van der Waals surface area contributed by atoms with Gasteiger partial charge in [0.05, 0.1) is 0 Å². The molecular weight excluding hydrogens is 308 g/mol. The van der Waals surface area contributed by atoms with Crippen LogP contribution in [0.3, 0.4) is 0 Å². The molecule has 2 rings (SSSR count). The minimum atomic E-state index is -1.10. The molecule has 0 aliphatic carbocycles. The summed E-state index contributed by atoms with van der Waals surface area (Å²) in [7, 11) is 1.81. The molecule has 1 fully saturated rings. The maximum Gasteiger partial charge on any atom is 0.322 e. The van der Waals surface area contributed by atoms with Crippen molar-refractivity contribution in [1.82, 2.24) is 21.3 Å². The Balaban J connectivity index is 0.00000242. The fraction of sp³-hybridized carbons (Fsp3) is 0.357. The second-order valence-corrected chi connectivity index (χ2v) is 4.97. The molecule has 8 heteroatoms. The third-order valence-electron chi connectivity index (χ3n) is 3.43. The van der Waals surface area contributed by atoms with Crippen molar-refractivity contribution in [2.75, 3.05) is 20.1 Å². The first kappa shape index (κ1) is 17.9. The van der Waals surface area contributed by atoms with E-state index < -0.39 is 17.5 Å². The summed E-state index contributed by atoms with van der Waals surface area (Å²) in [5, 5.41) is 10.5. The van der Waals surface area contributed by atoms with E-state index in [2.05, 4.69) is 21.3 Å². The van der Waals surface area contributed by atoms with Crippen molar-refractivity contribution >= 4 is 30.3 Å². The van der Waals surface area contributed by atoms with Crippen LogP contribution in [-0.2, 0) is 10.3 Å². The molecule has 1 aromatic carbocycles. The number of benzene rings is 1. The predicted molar refractivity (Wildman–Crippen MR) is 84.0 cm³/mol. The number of amides is 4. The quantitative estimate of drug-likeness (QED) is 0.456. The first-order valence-electron chi connectivity index (χ1n) is 6.64. The number of likely N-dealkylation sites (N-methyl/N-ethyl adjacent to an activating group) is 1. The molecule has 1 heterocycles. The highest BCUT2D eigenvalue weighted by atomic mass is 35.5. The fourth-order valence-electron chi connectivity index (χ4n) is 2.10. The minimum absolute atomic E-state index is 0.